The molecule has 5 nitrogen and oxygen atoms in total. The smallest absolute Gasteiger partial charge is 0.308 e. The summed E-state index contributed by atoms with van der Waals surface area (Å²) in [5.41, 5.74) is 3.69. The minimum absolute atomic E-state index is 0.346. The Labute approximate surface area is 150 Å². The lowest BCUT2D eigenvalue weighted by molar-refractivity contribution is 0.262. The van der Waals surface area contributed by atoms with Crippen LogP contribution in [0.2, 0.25) is 5.02 Å². The summed E-state index contributed by atoms with van der Waals surface area (Å²) < 4.78 is 1.71. The first-order valence-corrected chi connectivity index (χ1v) is 7.87. The van der Waals surface area contributed by atoms with Crippen molar-refractivity contribution in [3.8, 4) is 23.6 Å². The Hall–Kier alpha value is -3.23. The average molecular weight is 351 g/mol. The average Bonchev–Trinajstić information content (AvgIpc) is 2.98. The molecule has 25 heavy (non-hydrogen) atoms. The van der Waals surface area contributed by atoms with Crippen molar-refractivity contribution in [3.63, 3.8) is 0 Å². The zero-order valence-corrected chi connectivity index (χ0v) is 14.2. The molecule has 3 rings (SSSR count). The van der Waals surface area contributed by atoms with Crippen molar-refractivity contribution in [2.24, 2.45) is 7.05 Å². The highest BCUT2D eigenvalue weighted by Crippen LogP contribution is 2.25. The van der Waals surface area contributed by atoms with Crippen LogP contribution in [-0.4, -0.2) is 15.8 Å². The van der Waals surface area contributed by atoms with Crippen LogP contribution >= 0.6 is 11.6 Å². The van der Waals surface area contributed by atoms with Crippen molar-refractivity contribution in [3.05, 3.63) is 65.3 Å². The minimum atomic E-state index is -0.346. The first-order valence-electron chi connectivity index (χ1n) is 7.49. The monoisotopic (exact) mass is 350 g/mol. The molecule has 0 unspecified atom stereocenters. The van der Waals surface area contributed by atoms with Gasteiger partial charge in [-0.15, -0.1) is 6.42 Å². The maximum absolute atomic E-state index is 12.1. The van der Waals surface area contributed by atoms with Gasteiger partial charge in [-0.05, 0) is 36.4 Å². The van der Waals surface area contributed by atoms with E-state index in [1.54, 1.807) is 41.2 Å². The molecule has 0 aliphatic heterocycles. The van der Waals surface area contributed by atoms with Crippen LogP contribution in [0.25, 0.3) is 11.3 Å². The van der Waals surface area contributed by atoms with E-state index in [1.807, 2.05) is 25.2 Å². The van der Waals surface area contributed by atoms with Gasteiger partial charge in [0.2, 0.25) is 0 Å². The molecule has 0 saturated heterocycles. The molecule has 124 valence electrons. The van der Waals surface area contributed by atoms with Crippen LogP contribution in [0.3, 0.4) is 0 Å². The van der Waals surface area contributed by atoms with E-state index in [2.05, 4.69) is 21.7 Å². The molecule has 0 fully saturated rings. The van der Waals surface area contributed by atoms with Crippen LogP contribution in [0.4, 0.5) is 16.2 Å². The number of benzene rings is 2. The number of halogens is 1. The normalized spacial score (nSPS) is 10.1. The molecule has 0 aliphatic carbocycles. The zero-order valence-electron chi connectivity index (χ0n) is 13.5. The number of hydrogen-bond donors (Lipinski definition) is 2. The molecule has 0 spiro atoms. The molecule has 0 radical (unpaired) electrons. The van der Waals surface area contributed by atoms with E-state index in [0.29, 0.717) is 22.0 Å². The summed E-state index contributed by atoms with van der Waals surface area (Å²) in [6.45, 7) is 0. The Morgan fingerprint density at radius 3 is 2.60 bits per heavy atom. The topological polar surface area (TPSA) is 59.0 Å². The molecule has 0 atom stereocenters. The molecule has 2 amide bonds. The third kappa shape index (κ3) is 3.82. The Kier molecular flexibility index (Phi) is 4.73. The van der Waals surface area contributed by atoms with Crippen molar-refractivity contribution < 1.29 is 4.79 Å². The molecule has 2 N–H and O–H groups in total. The Bertz CT molecular complexity index is 954. The fourth-order valence-electron chi connectivity index (χ4n) is 2.46. The van der Waals surface area contributed by atoms with Crippen molar-refractivity contribution >= 4 is 29.0 Å². The van der Waals surface area contributed by atoms with Gasteiger partial charge in [-0.1, -0.05) is 29.7 Å². The second-order valence-corrected chi connectivity index (χ2v) is 5.78. The Morgan fingerprint density at radius 1 is 1.16 bits per heavy atom. The number of hydrogen-bond acceptors (Lipinski definition) is 2. The zero-order chi connectivity index (χ0) is 17.8. The predicted molar refractivity (Wildman–Crippen MR) is 101 cm³/mol. The number of nitrogens with one attached hydrogen (secondary N) is 2. The van der Waals surface area contributed by atoms with E-state index in [-0.39, 0.29) is 6.03 Å². The van der Waals surface area contributed by atoms with Crippen molar-refractivity contribution in [2.75, 3.05) is 10.6 Å². The van der Waals surface area contributed by atoms with Crippen LogP contribution in [0.5, 0.6) is 0 Å². The van der Waals surface area contributed by atoms with E-state index < -0.39 is 0 Å². The van der Waals surface area contributed by atoms with Crippen molar-refractivity contribution in [1.82, 2.24) is 9.78 Å². The summed E-state index contributed by atoms with van der Waals surface area (Å²) in [6, 6.07) is 13.9. The molecule has 0 bridgehead atoms. The van der Waals surface area contributed by atoms with Gasteiger partial charge < -0.3 is 10.6 Å². The van der Waals surface area contributed by atoms with Crippen LogP contribution in [0, 0.1) is 12.3 Å². The largest absolute Gasteiger partial charge is 0.323 e. The number of aryl methyl sites for hydroxylation is 1. The molecular weight excluding hydrogens is 336 g/mol. The number of carbonyl (C=O) groups is 1. The number of aromatic nitrogens is 2. The summed E-state index contributed by atoms with van der Waals surface area (Å²) in [7, 11) is 1.82. The highest BCUT2D eigenvalue weighted by molar-refractivity contribution is 6.30. The van der Waals surface area contributed by atoms with Gasteiger partial charge in [-0.2, -0.15) is 5.10 Å². The first-order chi connectivity index (χ1) is 12.1. The number of terminal acetylenes is 1. The lowest BCUT2D eigenvalue weighted by Gasteiger charge is -2.10. The number of anilines is 2. The third-order valence-electron chi connectivity index (χ3n) is 3.59. The molecule has 0 aliphatic rings. The molecule has 1 heterocycles. The van der Waals surface area contributed by atoms with E-state index in [4.69, 9.17) is 18.0 Å². The van der Waals surface area contributed by atoms with Gasteiger partial charge >= 0.3 is 6.03 Å². The maximum Gasteiger partial charge on any atom is 0.323 e. The van der Waals surface area contributed by atoms with E-state index in [0.717, 1.165) is 11.3 Å². The van der Waals surface area contributed by atoms with Crippen LogP contribution < -0.4 is 10.6 Å². The van der Waals surface area contributed by atoms with E-state index in [1.165, 1.54) is 0 Å². The Morgan fingerprint density at radius 2 is 1.88 bits per heavy atom. The lowest BCUT2D eigenvalue weighted by Crippen LogP contribution is -2.19. The predicted octanol–water partition coefficient (Wildman–Crippen LogP) is 4.37. The number of carbonyl (C=O) groups excluding carboxylic acids is 1. The molecular formula is C19H15ClN4O. The molecule has 6 heteroatoms. The highest BCUT2D eigenvalue weighted by Gasteiger charge is 2.10. The summed E-state index contributed by atoms with van der Waals surface area (Å²) >= 11 is 5.83. The van der Waals surface area contributed by atoms with Gasteiger partial charge in [0, 0.05) is 29.0 Å². The van der Waals surface area contributed by atoms with Gasteiger partial charge in [0.1, 0.15) is 0 Å². The van der Waals surface area contributed by atoms with E-state index >= 15 is 0 Å². The minimum Gasteiger partial charge on any atom is -0.308 e. The summed E-state index contributed by atoms with van der Waals surface area (Å²) in [6.07, 6.45) is 7.17. The SMILES string of the molecule is C#Cc1cnn(C)c1-c1cccc(NC(=O)Nc2ccc(Cl)cc2)c1. The van der Waals surface area contributed by atoms with Gasteiger partial charge in [-0.25, -0.2) is 4.79 Å². The van der Waals surface area contributed by atoms with Crippen LogP contribution in [-0.2, 0) is 7.05 Å². The second kappa shape index (κ2) is 7.12. The van der Waals surface area contributed by atoms with Gasteiger partial charge in [0.25, 0.3) is 0 Å². The summed E-state index contributed by atoms with van der Waals surface area (Å²) in [5.74, 6) is 2.62. The summed E-state index contributed by atoms with van der Waals surface area (Å²) in [5, 5.41) is 10.3. The number of nitrogens with zero attached hydrogens (tertiary/aromatic N) is 2. The molecule has 0 saturated carbocycles. The third-order valence-corrected chi connectivity index (χ3v) is 3.84. The quantitative estimate of drug-likeness (QED) is 0.689. The number of urea groups is 1. The van der Waals surface area contributed by atoms with Crippen LogP contribution in [0.15, 0.2) is 54.7 Å². The molecule has 1 aromatic heterocycles. The van der Waals surface area contributed by atoms with E-state index in [9.17, 15) is 4.79 Å². The molecule has 3 aromatic rings. The lowest BCUT2D eigenvalue weighted by atomic mass is 10.1. The van der Waals surface area contributed by atoms with Crippen molar-refractivity contribution in [1.29, 1.82) is 0 Å². The standard InChI is InChI=1S/C19H15ClN4O/c1-3-13-12-21-24(2)18(13)14-5-4-6-17(11-14)23-19(25)22-16-9-7-15(20)8-10-16/h1,4-12H,2H3,(H2,22,23,25). The first kappa shape index (κ1) is 16.6. The van der Waals surface area contributed by atoms with Gasteiger partial charge in [-0.3, -0.25) is 4.68 Å². The molecule has 2 aromatic carbocycles. The summed E-state index contributed by atoms with van der Waals surface area (Å²) in [4.78, 5) is 12.1. The van der Waals surface area contributed by atoms with Gasteiger partial charge in [0.05, 0.1) is 17.5 Å². The fourth-order valence-corrected chi connectivity index (χ4v) is 2.58. The number of rotatable bonds is 3. The van der Waals surface area contributed by atoms with Crippen molar-refractivity contribution in [2.45, 2.75) is 0 Å². The second-order valence-electron chi connectivity index (χ2n) is 5.34. The fraction of sp³-hybridized carbons (Fsp3) is 0.0526. The maximum atomic E-state index is 12.1. The Balaban J connectivity index is 1.78. The highest BCUT2D eigenvalue weighted by atomic mass is 35.5. The van der Waals surface area contributed by atoms with Crippen LogP contribution in [0.1, 0.15) is 5.56 Å². The number of amides is 2. The van der Waals surface area contributed by atoms with Gasteiger partial charge in [0.15, 0.2) is 0 Å².